The lowest BCUT2D eigenvalue weighted by molar-refractivity contribution is 0.101. The van der Waals surface area contributed by atoms with Crippen molar-refractivity contribution in [1.29, 1.82) is 0 Å². The SMILES string of the molecule is Cc1csc(NC(=O)c2nn(-c3ccc(Cl)cc3)ccc2=O)n1. The summed E-state index contributed by atoms with van der Waals surface area (Å²) in [7, 11) is 0. The molecule has 0 aliphatic heterocycles. The Kier molecular flexibility index (Phi) is 4.22. The van der Waals surface area contributed by atoms with Crippen LogP contribution in [0.4, 0.5) is 5.13 Å². The van der Waals surface area contributed by atoms with E-state index in [-0.39, 0.29) is 5.69 Å². The molecule has 0 atom stereocenters. The van der Waals surface area contributed by atoms with Crippen LogP contribution in [0.1, 0.15) is 16.2 Å². The second-order valence-corrected chi connectivity index (χ2v) is 5.99. The van der Waals surface area contributed by atoms with E-state index in [0.29, 0.717) is 15.8 Å². The van der Waals surface area contributed by atoms with Gasteiger partial charge in [-0.3, -0.25) is 14.9 Å². The molecule has 1 N–H and O–H groups in total. The zero-order valence-corrected chi connectivity index (χ0v) is 13.6. The Morgan fingerprint density at radius 1 is 1.26 bits per heavy atom. The number of halogens is 1. The van der Waals surface area contributed by atoms with Gasteiger partial charge in [-0.15, -0.1) is 11.3 Å². The number of benzene rings is 1. The van der Waals surface area contributed by atoms with E-state index in [9.17, 15) is 9.59 Å². The first-order valence-electron chi connectivity index (χ1n) is 6.62. The maximum atomic E-state index is 12.2. The van der Waals surface area contributed by atoms with Crippen LogP contribution in [0.15, 0.2) is 46.7 Å². The highest BCUT2D eigenvalue weighted by Crippen LogP contribution is 2.15. The summed E-state index contributed by atoms with van der Waals surface area (Å²) in [6, 6.07) is 8.19. The molecule has 0 radical (unpaired) electrons. The van der Waals surface area contributed by atoms with Gasteiger partial charge in [0.1, 0.15) is 0 Å². The molecule has 0 spiro atoms. The molecule has 3 aromatic rings. The van der Waals surface area contributed by atoms with Gasteiger partial charge in [0, 0.05) is 22.7 Å². The average molecular weight is 347 g/mol. The van der Waals surface area contributed by atoms with Crippen LogP contribution in [0.5, 0.6) is 0 Å². The molecular formula is C15H11ClN4O2S. The van der Waals surface area contributed by atoms with E-state index in [1.807, 2.05) is 6.92 Å². The zero-order chi connectivity index (χ0) is 16.4. The van der Waals surface area contributed by atoms with Crippen molar-refractivity contribution in [2.24, 2.45) is 0 Å². The van der Waals surface area contributed by atoms with E-state index in [1.54, 1.807) is 29.6 Å². The number of carbonyl (C=O) groups is 1. The number of anilines is 1. The van der Waals surface area contributed by atoms with Crippen LogP contribution in [0, 0.1) is 6.92 Å². The molecular weight excluding hydrogens is 336 g/mol. The molecule has 3 rings (SSSR count). The summed E-state index contributed by atoms with van der Waals surface area (Å²) in [6.45, 7) is 1.82. The Balaban J connectivity index is 1.92. The molecule has 0 saturated carbocycles. The van der Waals surface area contributed by atoms with Crippen molar-refractivity contribution >= 4 is 34.0 Å². The van der Waals surface area contributed by atoms with E-state index >= 15 is 0 Å². The minimum absolute atomic E-state index is 0.199. The van der Waals surface area contributed by atoms with Gasteiger partial charge in [-0.2, -0.15) is 5.10 Å². The summed E-state index contributed by atoms with van der Waals surface area (Å²) in [5, 5.41) is 9.50. The molecule has 0 bridgehead atoms. The number of hydrogen-bond acceptors (Lipinski definition) is 5. The number of carbonyl (C=O) groups excluding carboxylic acids is 1. The summed E-state index contributed by atoms with van der Waals surface area (Å²) in [5.74, 6) is -0.590. The number of amides is 1. The fourth-order valence-electron chi connectivity index (χ4n) is 1.87. The minimum atomic E-state index is -0.590. The summed E-state index contributed by atoms with van der Waals surface area (Å²) < 4.78 is 1.44. The third-order valence-electron chi connectivity index (χ3n) is 2.95. The van der Waals surface area contributed by atoms with Crippen LogP contribution in [-0.4, -0.2) is 20.7 Å². The molecule has 0 aliphatic rings. The van der Waals surface area contributed by atoms with Crippen LogP contribution < -0.4 is 10.7 Å². The highest BCUT2D eigenvalue weighted by molar-refractivity contribution is 7.13. The van der Waals surface area contributed by atoms with Crippen molar-refractivity contribution in [2.45, 2.75) is 6.92 Å². The second kappa shape index (κ2) is 6.31. The predicted octanol–water partition coefficient (Wildman–Crippen LogP) is 2.90. The fourth-order valence-corrected chi connectivity index (χ4v) is 2.68. The highest BCUT2D eigenvalue weighted by atomic mass is 35.5. The number of aromatic nitrogens is 3. The lowest BCUT2D eigenvalue weighted by Crippen LogP contribution is -2.25. The van der Waals surface area contributed by atoms with Crippen molar-refractivity contribution in [3.63, 3.8) is 0 Å². The molecule has 23 heavy (non-hydrogen) atoms. The van der Waals surface area contributed by atoms with Gasteiger partial charge < -0.3 is 0 Å². The minimum Gasteiger partial charge on any atom is -0.296 e. The molecule has 1 amide bonds. The lowest BCUT2D eigenvalue weighted by Gasteiger charge is -2.07. The molecule has 2 heterocycles. The summed E-state index contributed by atoms with van der Waals surface area (Å²) >= 11 is 7.13. The largest absolute Gasteiger partial charge is 0.296 e. The maximum Gasteiger partial charge on any atom is 0.281 e. The Morgan fingerprint density at radius 3 is 2.65 bits per heavy atom. The van der Waals surface area contributed by atoms with Gasteiger partial charge >= 0.3 is 0 Å². The van der Waals surface area contributed by atoms with E-state index in [0.717, 1.165) is 5.69 Å². The van der Waals surface area contributed by atoms with Crippen LogP contribution >= 0.6 is 22.9 Å². The predicted molar refractivity (Wildman–Crippen MR) is 89.6 cm³/mol. The van der Waals surface area contributed by atoms with Gasteiger partial charge in [-0.05, 0) is 31.2 Å². The number of rotatable bonds is 3. The fraction of sp³-hybridized carbons (Fsp3) is 0.0667. The third-order valence-corrected chi connectivity index (χ3v) is 4.08. The van der Waals surface area contributed by atoms with E-state index in [1.165, 1.54) is 28.3 Å². The monoisotopic (exact) mass is 346 g/mol. The van der Waals surface area contributed by atoms with Crippen molar-refractivity contribution in [3.8, 4) is 5.69 Å². The zero-order valence-electron chi connectivity index (χ0n) is 12.0. The Morgan fingerprint density at radius 2 is 2.00 bits per heavy atom. The summed E-state index contributed by atoms with van der Waals surface area (Å²) in [6.07, 6.45) is 1.50. The standard InChI is InChI=1S/C15H11ClN4O2S/c1-9-8-23-15(17-9)18-14(22)13-12(21)6-7-20(19-13)11-4-2-10(16)3-5-11/h2-8H,1H3,(H,17,18,22). The third kappa shape index (κ3) is 3.46. The Labute approximate surface area is 140 Å². The first kappa shape index (κ1) is 15.4. The molecule has 116 valence electrons. The molecule has 0 unspecified atom stereocenters. The quantitative estimate of drug-likeness (QED) is 0.791. The normalized spacial score (nSPS) is 10.5. The van der Waals surface area contributed by atoms with Gasteiger partial charge in [0.05, 0.1) is 11.4 Å². The first-order chi connectivity index (χ1) is 11.0. The average Bonchev–Trinajstić information content (AvgIpc) is 2.93. The molecule has 0 fully saturated rings. The topological polar surface area (TPSA) is 76.9 Å². The molecule has 1 aromatic carbocycles. The van der Waals surface area contributed by atoms with E-state index in [4.69, 9.17) is 11.6 Å². The van der Waals surface area contributed by atoms with Gasteiger partial charge in [0.2, 0.25) is 5.43 Å². The van der Waals surface area contributed by atoms with Crippen LogP contribution in [0.2, 0.25) is 5.02 Å². The number of nitrogens with zero attached hydrogens (tertiary/aromatic N) is 3. The van der Waals surface area contributed by atoms with Gasteiger partial charge in [-0.25, -0.2) is 9.67 Å². The van der Waals surface area contributed by atoms with Gasteiger partial charge in [0.15, 0.2) is 10.8 Å². The smallest absolute Gasteiger partial charge is 0.281 e. The van der Waals surface area contributed by atoms with Crippen molar-refractivity contribution in [1.82, 2.24) is 14.8 Å². The molecule has 0 aliphatic carbocycles. The van der Waals surface area contributed by atoms with Crippen molar-refractivity contribution < 1.29 is 4.79 Å². The van der Waals surface area contributed by atoms with Gasteiger partial charge in [0.25, 0.3) is 5.91 Å². The number of nitrogens with one attached hydrogen (secondary N) is 1. The van der Waals surface area contributed by atoms with Crippen molar-refractivity contribution in [3.05, 3.63) is 68.5 Å². The molecule has 8 heteroatoms. The van der Waals surface area contributed by atoms with E-state index < -0.39 is 11.3 Å². The first-order valence-corrected chi connectivity index (χ1v) is 7.88. The maximum absolute atomic E-state index is 12.2. The van der Waals surface area contributed by atoms with Crippen LogP contribution in [-0.2, 0) is 0 Å². The van der Waals surface area contributed by atoms with Gasteiger partial charge in [-0.1, -0.05) is 11.6 Å². The van der Waals surface area contributed by atoms with Crippen molar-refractivity contribution in [2.75, 3.05) is 5.32 Å². The Hall–Kier alpha value is -2.51. The van der Waals surface area contributed by atoms with Crippen LogP contribution in [0.25, 0.3) is 5.69 Å². The lowest BCUT2D eigenvalue weighted by atomic mass is 10.3. The summed E-state index contributed by atoms with van der Waals surface area (Å²) in [5.41, 5.74) is 0.828. The van der Waals surface area contributed by atoms with E-state index in [2.05, 4.69) is 15.4 Å². The number of aryl methyl sites for hydroxylation is 1. The highest BCUT2D eigenvalue weighted by Gasteiger charge is 2.15. The Bertz CT molecular complexity index is 918. The molecule has 0 saturated heterocycles. The molecule has 6 nitrogen and oxygen atoms in total. The number of thiazole rings is 1. The second-order valence-electron chi connectivity index (χ2n) is 4.70. The van der Waals surface area contributed by atoms with Crippen LogP contribution in [0.3, 0.4) is 0 Å². The number of hydrogen-bond donors (Lipinski definition) is 1. The molecule has 2 aromatic heterocycles. The summed E-state index contributed by atoms with van der Waals surface area (Å²) in [4.78, 5) is 28.3.